The molecule has 1 atom stereocenters. The molecule has 0 unspecified atom stereocenters. The zero-order valence-corrected chi connectivity index (χ0v) is 20.1. The Kier molecular flexibility index (Phi) is 8.91. The molecular formula is C22H28ClN3O5S. The first kappa shape index (κ1) is 25.5. The molecule has 2 aromatic carbocycles. The van der Waals surface area contributed by atoms with Crippen molar-refractivity contribution in [2.24, 2.45) is 0 Å². The first-order valence-electron chi connectivity index (χ1n) is 10.00. The van der Waals surface area contributed by atoms with Gasteiger partial charge in [-0.2, -0.15) is 0 Å². The monoisotopic (exact) mass is 481 g/mol. The lowest BCUT2D eigenvalue weighted by molar-refractivity contribution is -0.139. The number of anilines is 1. The van der Waals surface area contributed by atoms with Crippen LogP contribution in [0.2, 0.25) is 5.02 Å². The summed E-state index contributed by atoms with van der Waals surface area (Å²) in [6.07, 6.45) is 1.02. The van der Waals surface area contributed by atoms with Gasteiger partial charge in [-0.1, -0.05) is 29.8 Å². The maximum Gasteiger partial charge on any atom is 0.244 e. The summed E-state index contributed by atoms with van der Waals surface area (Å²) in [6, 6.07) is 12.5. The minimum atomic E-state index is -3.79. The SMILES string of the molecule is CCNC(=O)[C@H](C)N(Cc1ccc(Cl)cc1)C(=O)CN(c1cccc(OC)c1)S(C)(=O)=O. The van der Waals surface area contributed by atoms with Gasteiger partial charge in [-0.25, -0.2) is 8.42 Å². The van der Waals surface area contributed by atoms with E-state index in [0.717, 1.165) is 16.1 Å². The average molecular weight is 482 g/mol. The van der Waals surface area contributed by atoms with Crippen molar-refractivity contribution in [3.8, 4) is 5.75 Å². The quantitative estimate of drug-likeness (QED) is 0.562. The topological polar surface area (TPSA) is 96.0 Å². The number of hydrogen-bond acceptors (Lipinski definition) is 5. The number of carbonyl (C=O) groups is 2. The molecule has 0 aromatic heterocycles. The molecule has 0 fully saturated rings. The molecule has 10 heteroatoms. The van der Waals surface area contributed by atoms with Crippen LogP contribution in [-0.2, 0) is 26.2 Å². The van der Waals surface area contributed by atoms with E-state index in [-0.39, 0.29) is 18.1 Å². The molecule has 0 spiro atoms. The Labute approximate surface area is 194 Å². The van der Waals surface area contributed by atoms with Crippen LogP contribution >= 0.6 is 11.6 Å². The van der Waals surface area contributed by atoms with Crippen LogP contribution in [0.1, 0.15) is 19.4 Å². The van der Waals surface area contributed by atoms with Crippen molar-refractivity contribution < 1.29 is 22.7 Å². The van der Waals surface area contributed by atoms with E-state index in [9.17, 15) is 18.0 Å². The lowest BCUT2D eigenvalue weighted by atomic mass is 10.1. The minimum Gasteiger partial charge on any atom is -0.497 e. The zero-order valence-electron chi connectivity index (χ0n) is 18.5. The molecule has 0 radical (unpaired) electrons. The lowest BCUT2D eigenvalue weighted by Gasteiger charge is -2.31. The molecule has 8 nitrogen and oxygen atoms in total. The molecule has 0 aliphatic carbocycles. The number of amides is 2. The minimum absolute atomic E-state index is 0.115. The van der Waals surface area contributed by atoms with Gasteiger partial charge in [0.15, 0.2) is 0 Å². The van der Waals surface area contributed by atoms with E-state index in [1.54, 1.807) is 56.3 Å². The Balaban J connectivity index is 2.38. The summed E-state index contributed by atoms with van der Waals surface area (Å²) in [5.41, 5.74) is 1.04. The van der Waals surface area contributed by atoms with Gasteiger partial charge >= 0.3 is 0 Å². The van der Waals surface area contributed by atoms with E-state index < -0.39 is 28.5 Å². The van der Waals surface area contributed by atoms with Crippen molar-refractivity contribution in [1.82, 2.24) is 10.2 Å². The second-order valence-electron chi connectivity index (χ2n) is 7.19. The summed E-state index contributed by atoms with van der Waals surface area (Å²) in [5.74, 6) is -0.397. The van der Waals surface area contributed by atoms with Crippen LogP contribution in [0.15, 0.2) is 48.5 Å². The number of likely N-dealkylation sites (N-methyl/N-ethyl adjacent to an activating group) is 1. The first-order valence-corrected chi connectivity index (χ1v) is 12.2. The summed E-state index contributed by atoms with van der Waals surface area (Å²) < 4.78 is 31.2. The third kappa shape index (κ3) is 6.86. The highest BCUT2D eigenvalue weighted by Crippen LogP contribution is 2.24. The van der Waals surface area contributed by atoms with Crippen LogP contribution in [0.4, 0.5) is 5.69 Å². The molecular weight excluding hydrogens is 454 g/mol. The van der Waals surface area contributed by atoms with Gasteiger partial charge in [-0.15, -0.1) is 0 Å². The fourth-order valence-electron chi connectivity index (χ4n) is 3.07. The normalized spacial score (nSPS) is 12.0. The van der Waals surface area contributed by atoms with Crippen molar-refractivity contribution in [1.29, 1.82) is 0 Å². The van der Waals surface area contributed by atoms with Crippen LogP contribution in [0.3, 0.4) is 0 Å². The van der Waals surface area contributed by atoms with Crippen molar-refractivity contribution in [2.45, 2.75) is 26.4 Å². The van der Waals surface area contributed by atoms with Gasteiger partial charge in [-0.3, -0.25) is 13.9 Å². The van der Waals surface area contributed by atoms with E-state index in [2.05, 4.69) is 5.32 Å². The Morgan fingerprint density at radius 3 is 2.38 bits per heavy atom. The maximum atomic E-state index is 13.3. The molecule has 0 heterocycles. The van der Waals surface area contributed by atoms with Crippen LogP contribution in [0.5, 0.6) is 5.75 Å². The number of nitrogens with one attached hydrogen (secondary N) is 1. The molecule has 0 saturated heterocycles. The summed E-state index contributed by atoms with van der Waals surface area (Å²) in [4.78, 5) is 27.2. The van der Waals surface area contributed by atoms with Crippen LogP contribution < -0.4 is 14.4 Å². The highest BCUT2D eigenvalue weighted by atomic mass is 35.5. The molecule has 2 amide bonds. The highest BCUT2D eigenvalue weighted by Gasteiger charge is 2.30. The third-order valence-corrected chi connectivity index (χ3v) is 6.20. The zero-order chi connectivity index (χ0) is 23.9. The molecule has 174 valence electrons. The van der Waals surface area contributed by atoms with Crippen molar-refractivity contribution in [3.05, 3.63) is 59.1 Å². The molecule has 0 aliphatic rings. The first-order chi connectivity index (χ1) is 15.1. The van der Waals surface area contributed by atoms with Gasteiger partial charge in [0, 0.05) is 24.2 Å². The second-order valence-corrected chi connectivity index (χ2v) is 9.53. The molecule has 0 aliphatic heterocycles. The number of benzene rings is 2. The molecule has 0 saturated carbocycles. The summed E-state index contributed by atoms with van der Waals surface area (Å²) >= 11 is 5.95. The van der Waals surface area contributed by atoms with E-state index in [1.165, 1.54) is 18.1 Å². The smallest absolute Gasteiger partial charge is 0.244 e. The van der Waals surface area contributed by atoms with Crippen molar-refractivity contribution in [3.63, 3.8) is 0 Å². The second kappa shape index (κ2) is 11.2. The highest BCUT2D eigenvalue weighted by molar-refractivity contribution is 7.92. The van der Waals surface area contributed by atoms with E-state index in [4.69, 9.17) is 16.3 Å². The number of rotatable bonds is 10. The van der Waals surface area contributed by atoms with E-state index in [0.29, 0.717) is 17.3 Å². The van der Waals surface area contributed by atoms with Gasteiger partial charge in [-0.05, 0) is 43.7 Å². The number of ether oxygens (including phenoxy) is 1. The molecule has 32 heavy (non-hydrogen) atoms. The average Bonchev–Trinajstić information content (AvgIpc) is 2.75. The van der Waals surface area contributed by atoms with Crippen LogP contribution in [0.25, 0.3) is 0 Å². The molecule has 0 bridgehead atoms. The summed E-state index contributed by atoms with van der Waals surface area (Å²) in [5, 5.41) is 3.25. The van der Waals surface area contributed by atoms with Gasteiger partial charge in [0.25, 0.3) is 0 Å². The standard InChI is InChI=1S/C22H28ClN3O5S/c1-5-24-22(28)16(2)25(14-17-9-11-18(23)12-10-17)21(27)15-26(32(4,29)30)19-7-6-8-20(13-19)31-3/h6-13,16H,5,14-15H2,1-4H3,(H,24,28)/t16-/m0/s1. The number of sulfonamides is 1. The van der Waals surface area contributed by atoms with Crippen LogP contribution in [-0.4, -0.2) is 57.6 Å². The fourth-order valence-corrected chi connectivity index (χ4v) is 4.04. The van der Waals surface area contributed by atoms with Gasteiger partial charge in [0.1, 0.15) is 18.3 Å². The van der Waals surface area contributed by atoms with Crippen molar-refractivity contribution >= 4 is 39.1 Å². The number of halogens is 1. The van der Waals surface area contributed by atoms with Crippen LogP contribution in [0, 0.1) is 0 Å². The molecule has 2 aromatic rings. The fraction of sp³-hybridized carbons (Fsp3) is 0.364. The Bertz CT molecular complexity index is 1040. The Morgan fingerprint density at radius 2 is 1.81 bits per heavy atom. The maximum absolute atomic E-state index is 13.3. The largest absolute Gasteiger partial charge is 0.497 e. The third-order valence-electron chi connectivity index (χ3n) is 4.80. The molecule has 1 N–H and O–H groups in total. The van der Waals surface area contributed by atoms with Crippen molar-refractivity contribution in [2.75, 3.05) is 30.8 Å². The van der Waals surface area contributed by atoms with Gasteiger partial charge in [0.2, 0.25) is 21.8 Å². The Hall–Kier alpha value is -2.78. The predicted octanol–water partition coefficient (Wildman–Crippen LogP) is 2.67. The van der Waals surface area contributed by atoms with Gasteiger partial charge < -0.3 is 15.0 Å². The predicted molar refractivity (Wildman–Crippen MR) is 125 cm³/mol. The number of methoxy groups -OCH3 is 1. The van der Waals surface area contributed by atoms with Gasteiger partial charge in [0.05, 0.1) is 19.1 Å². The number of nitrogens with zero attached hydrogens (tertiary/aromatic N) is 2. The Morgan fingerprint density at radius 1 is 1.16 bits per heavy atom. The number of hydrogen-bond donors (Lipinski definition) is 1. The number of carbonyl (C=O) groups excluding carboxylic acids is 2. The summed E-state index contributed by atoms with van der Waals surface area (Å²) in [6.45, 7) is 3.44. The lowest BCUT2D eigenvalue weighted by Crippen LogP contribution is -2.51. The van der Waals surface area contributed by atoms with E-state index in [1.807, 2.05) is 0 Å². The summed E-state index contributed by atoms with van der Waals surface area (Å²) in [7, 11) is -2.32. The molecule has 2 rings (SSSR count). The van der Waals surface area contributed by atoms with E-state index >= 15 is 0 Å².